The van der Waals surface area contributed by atoms with Gasteiger partial charge in [0.05, 0.1) is 19.8 Å². The maximum atomic E-state index is 9.41. The highest BCUT2D eigenvalue weighted by Gasteiger charge is 2.23. The van der Waals surface area contributed by atoms with Gasteiger partial charge in [0.25, 0.3) is 0 Å². The fourth-order valence-electron chi connectivity index (χ4n) is 3.54. The van der Waals surface area contributed by atoms with Crippen LogP contribution in [0, 0.1) is 0 Å². The Balaban J connectivity index is 0.00000123. The first-order valence-electron chi connectivity index (χ1n) is 14.0. The zero-order chi connectivity index (χ0) is 29.1. The third-order valence-corrected chi connectivity index (χ3v) is 5.77. The Morgan fingerprint density at radius 1 is 0.769 bits per heavy atom. The number of methoxy groups -OCH3 is 2. The van der Waals surface area contributed by atoms with Gasteiger partial charge in [-0.1, -0.05) is 44.6 Å². The van der Waals surface area contributed by atoms with Crippen LogP contribution in [0.25, 0.3) is 0 Å². The van der Waals surface area contributed by atoms with Crippen LogP contribution in [0.2, 0.25) is 0 Å². The van der Waals surface area contributed by atoms with E-state index in [0.717, 1.165) is 83.5 Å². The molecular formula is C32H52O7. The molecule has 1 fully saturated rings. The van der Waals surface area contributed by atoms with Crippen molar-refractivity contribution in [2.45, 2.75) is 83.8 Å². The Labute approximate surface area is 236 Å². The van der Waals surface area contributed by atoms with Gasteiger partial charge >= 0.3 is 0 Å². The van der Waals surface area contributed by atoms with Gasteiger partial charge in [0.1, 0.15) is 18.3 Å². The van der Waals surface area contributed by atoms with Gasteiger partial charge in [-0.3, -0.25) is 9.59 Å². The number of hydrogen-bond donors (Lipinski definition) is 0. The van der Waals surface area contributed by atoms with E-state index in [9.17, 15) is 9.59 Å². The summed E-state index contributed by atoms with van der Waals surface area (Å²) >= 11 is 0. The standard InChI is InChI=1S/C24H40O5.2C4H6O/c1-25-16-8-4-3-7-11-24-28-19-22(20-29-24)21-12-14-23(15-13-21)27-18-10-6-5-9-17-26-2;2*1-4(2)3-5/h12-15,22,24H,3-11,16-20H2,1-2H3;2*3H,1H2,2H3. The van der Waals surface area contributed by atoms with Gasteiger partial charge in [-0.05, 0) is 81.2 Å². The van der Waals surface area contributed by atoms with E-state index in [1.54, 1.807) is 28.1 Å². The summed E-state index contributed by atoms with van der Waals surface area (Å²) in [7, 11) is 3.51. The van der Waals surface area contributed by atoms with E-state index in [2.05, 4.69) is 37.4 Å². The maximum absolute atomic E-state index is 9.41. The minimum Gasteiger partial charge on any atom is -0.494 e. The van der Waals surface area contributed by atoms with Crippen LogP contribution in [0.15, 0.2) is 48.6 Å². The summed E-state index contributed by atoms with van der Waals surface area (Å²) in [6.07, 6.45) is 11.7. The molecule has 0 atom stereocenters. The van der Waals surface area contributed by atoms with Gasteiger partial charge in [0, 0.05) is 33.4 Å². The van der Waals surface area contributed by atoms with Crippen molar-refractivity contribution in [1.82, 2.24) is 0 Å². The molecule has 1 heterocycles. The highest BCUT2D eigenvalue weighted by atomic mass is 16.7. The van der Waals surface area contributed by atoms with Crippen LogP contribution in [0.1, 0.15) is 83.1 Å². The largest absolute Gasteiger partial charge is 0.494 e. The molecule has 0 N–H and O–H groups in total. The topological polar surface area (TPSA) is 80.3 Å². The second kappa shape index (κ2) is 25.9. The van der Waals surface area contributed by atoms with Gasteiger partial charge in [-0.15, -0.1) is 0 Å². The third-order valence-electron chi connectivity index (χ3n) is 5.77. The molecule has 0 bridgehead atoms. The van der Waals surface area contributed by atoms with Gasteiger partial charge in [0.15, 0.2) is 6.29 Å². The zero-order valence-corrected chi connectivity index (χ0v) is 24.8. The summed E-state index contributed by atoms with van der Waals surface area (Å²) in [6, 6.07) is 8.40. The first-order valence-corrected chi connectivity index (χ1v) is 14.0. The Morgan fingerprint density at radius 3 is 1.64 bits per heavy atom. The Bertz CT molecular complexity index is 734. The first-order chi connectivity index (χ1) is 18.9. The molecule has 0 saturated carbocycles. The first kappa shape index (κ1) is 36.7. The molecule has 222 valence electrons. The predicted molar refractivity (Wildman–Crippen MR) is 157 cm³/mol. The highest BCUT2D eigenvalue weighted by Crippen LogP contribution is 2.26. The van der Waals surface area contributed by atoms with Crippen LogP contribution in [0.4, 0.5) is 0 Å². The van der Waals surface area contributed by atoms with E-state index >= 15 is 0 Å². The van der Waals surface area contributed by atoms with Crippen LogP contribution >= 0.6 is 0 Å². The van der Waals surface area contributed by atoms with Gasteiger partial charge in [0.2, 0.25) is 0 Å². The van der Waals surface area contributed by atoms with Crippen LogP contribution in [0.5, 0.6) is 5.75 Å². The van der Waals surface area contributed by atoms with E-state index in [0.29, 0.717) is 17.1 Å². The molecule has 1 aromatic carbocycles. The average molecular weight is 549 g/mol. The summed E-state index contributed by atoms with van der Waals surface area (Å²) in [5.41, 5.74) is 2.41. The minimum absolute atomic E-state index is 0.0415. The monoisotopic (exact) mass is 548 g/mol. The molecule has 0 radical (unpaired) electrons. The van der Waals surface area contributed by atoms with Crippen LogP contribution in [-0.4, -0.2) is 66.1 Å². The summed E-state index contributed by atoms with van der Waals surface area (Å²) in [6.45, 7) is 13.9. The molecule has 0 unspecified atom stereocenters. The molecule has 0 spiro atoms. The van der Waals surface area contributed by atoms with E-state index < -0.39 is 0 Å². The molecule has 0 aromatic heterocycles. The Kier molecular flexibility index (Phi) is 24.4. The molecule has 7 heteroatoms. The van der Waals surface area contributed by atoms with Crippen LogP contribution in [0.3, 0.4) is 0 Å². The Hall–Kier alpha value is -2.32. The van der Waals surface area contributed by atoms with Crippen molar-refractivity contribution in [1.29, 1.82) is 0 Å². The van der Waals surface area contributed by atoms with Crippen molar-refractivity contribution in [3.05, 3.63) is 54.1 Å². The van der Waals surface area contributed by atoms with Crippen molar-refractivity contribution < 1.29 is 33.3 Å². The molecular weight excluding hydrogens is 496 g/mol. The van der Waals surface area contributed by atoms with Gasteiger partial charge in [-0.25, -0.2) is 0 Å². The summed E-state index contributed by atoms with van der Waals surface area (Å²) in [5.74, 6) is 1.25. The number of ether oxygens (including phenoxy) is 5. The normalized spacial score (nSPS) is 16.1. The number of allylic oxidation sites excluding steroid dienone is 2. The lowest BCUT2D eigenvalue weighted by Crippen LogP contribution is -2.30. The Morgan fingerprint density at radius 2 is 1.21 bits per heavy atom. The summed E-state index contributed by atoms with van der Waals surface area (Å²) in [5, 5.41) is 0. The molecule has 39 heavy (non-hydrogen) atoms. The van der Waals surface area contributed by atoms with E-state index in [-0.39, 0.29) is 6.29 Å². The average Bonchev–Trinajstić information content (AvgIpc) is 2.95. The van der Waals surface area contributed by atoms with Crippen molar-refractivity contribution >= 4 is 12.6 Å². The molecule has 1 saturated heterocycles. The van der Waals surface area contributed by atoms with Crippen LogP contribution in [-0.2, 0) is 28.5 Å². The number of unbranched alkanes of at least 4 members (excludes halogenated alkanes) is 6. The fourth-order valence-corrected chi connectivity index (χ4v) is 3.54. The third kappa shape index (κ3) is 22.2. The van der Waals surface area contributed by atoms with Crippen molar-refractivity contribution in [2.75, 3.05) is 47.3 Å². The second-order valence-electron chi connectivity index (χ2n) is 9.74. The number of carbonyl (C=O) groups excluding carboxylic acids is 2. The van der Waals surface area contributed by atoms with Crippen molar-refractivity contribution in [2.24, 2.45) is 0 Å². The maximum Gasteiger partial charge on any atom is 0.157 e. The smallest absolute Gasteiger partial charge is 0.157 e. The summed E-state index contributed by atoms with van der Waals surface area (Å²) in [4.78, 5) is 18.8. The molecule has 1 aliphatic heterocycles. The second-order valence-corrected chi connectivity index (χ2v) is 9.74. The zero-order valence-electron chi connectivity index (χ0n) is 24.8. The lowest BCUT2D eigenvalue weighted by Gasteiger charge is -2.29. The molecule has 1 aromatic rings. The number of carbonyl (C=O) groups is 2. The highest BCUT2D eigenvalue weighted by molar-refractivity contribution is 5.71. The van der Waals surface area contributed by atoms with E-state index in [1.165, 1.54) is 31.2 Å². The minimum atomic E-state index is -0.0415. The lowest BCUT2D eigenvalue weighted by molar-refractivity contribution is -0.190. The number of aldehydes is 2. The molecule has 0 aliphatic carbocycles. The molecule has 2 rings (SSSR count). The molecule has 0 amide bonds. The predicted octanol–water partition coefficient (Wildman–Crippen LogP) is 6.85. The van der Waals surface area contributed by atoms with Gasteiger partial charge < -0.3 is 23.7 Å². The number of hydrogen-bond acceptors (Lipinski definition) is 7. The molecule has 1 aliphatic rings. The number of benzene rings is 1. The van der Waals surface area contributed by atoms with Gasteiger partial charge in [-0.2, -0.15) is 0 Å². The molecule has 7 nitrogen and oxygen atoms in total. The van der Waals surface area contributed by atoms with E-state index in [1.807, 2.05) is 0 Å². The van der Waals surface area contributed by atoms with Crippen molar-refractivity contribution in [3.8, 4) is 5.75 Å². The van der Waals surface area contributed by atoms with Crippen LogP contribution < -0.4 is 4.74 Å². The summed E-state index contributed by atoms with van der Waals surface area (Å²) < 4.78 is 27.9. The lowest BCUT2D eigenvalue weighted by atomic mass is 10.00. The quantitative estimate of drug-likeness (QED) is 0.113. The van der Waals surface area contributed by atoms with Crippen molar-refractivity contribution in [3.63, 3.8) is 0 Å². The SMILES string of the molecule is C=C(C)C=O.C=C(C)C=O.COCCCCCCOc1ccc(C2COC(CCCCCCOC)OC2)cc1. The fraction of sp³-hybridized carbons (Fsp3) is 0.625. The number of rotatable bonds is 18. The van der Waals surface area contributed by atoms with E-state index in [4.69, 9.17) is 23.7 Å².